The number of hydrogen-bond donors (Lipinski definition) is 2. The van der Waals surface area contributed by atoms with Gasteiger partial charge in [0.2, 0.25) is 0 Å². The van der Waals surface area contributed by atoms with E-state index in [1.807, 2.05) is 6.92 Å². The van der Waals surface area contributed by atoms with Gasteiger partial charge in [0.05, 0.1) is 16.3 Å². The Balaban J connectivity index is 1.92. The fraction of sp³-hybridized carbons (Fsp3) is 0.111. The molecule has 0 saturated heterocycles. The average molecular weight is 356 g/mol. The maximum atomic E-state index is 11.2. The zero-order valence-electron chi connectivity index (χ0n) is 13.4. The van der Waals surface area contributed by atoms with Crippen molar-refractivity contribution in [2.75, 3.05) is 0 Å². The van der Waals surface area contributed by atoms with Crippen molar-refractivity contribution >= 4 is 32.3 Å². The number of benzene rings is 3. The van der Waals surface area contributed by atoms with Gasteiger partial charge in [-0.25, -0.2) is 0 Å². The first-order valence-corrected chi connectivity index (χ1v) is 9.06. The summed E-state index contributed by atoms with van der Waals surface area (Å²) in [6.07, 6.45) is 0.696. The quantitative estimate of drug-likeness (QED) is 0.519. The highest BCUT2D eigenvalue weighted by Crippen LogP contribution is 2.27. The second-order valence-corrected chi connectivity index (χ2v) is 6.96. The Morgan fingerprint density at radius 1 is 0.880 bits per heavy atom. The Bertz CT molecular complexity index is 1080. The van der Waals surface area contributed by atoms with Crippen LogP contribution in [0.15, 0.2) is 69.7 Å². The van der Waals surface area contributed by atoms with Crippen LogP contribution in [-0.2, 0) is 16.5 Å². The van der Waals surface area contributed by atoms with Gasteiger partial charge >= 0.3 is 0 Å². The summed E-state index contributed by atoms with van der Waals surface area (Å²) in [7, 11) is -4.22. The number of phenols is 1. The van der Waals surface area contributed by atoms with Crippen molar-refractivity contribution in [2.24, 2.45) is 10.2 Å². The lowest BCUT2D eigenvalue weighted by molar-refractivity contribution is 0.469. The number of fused-ring (bicyclic) bond motifs is 1. The van der Waals surface area contributed by atoms with Gasteiger partial charge in [0.1, 0.15) is 5.75 Å². The molecule has 0 amide bonds. The lowest BCUT2D eigenvalue weighted by atomic mass is 10.1. The molecule has 3 aromatic carbocycles. The normalized spacial score (nSPS) is 12.1. The minimum atomic E-state index is -4.22. The molecule has 0 heterocycles. The lowest BCUT2D eigenvalue weighted by Crippen LogP contribution is -1.97. The summed E-state index contributed by atoms with van der Waals surface area (Å²) < 4.78 is 31.5. The first-order chi connectivity index (χ1) is 11.9. The molecular formula is C18H16N2O4S. The number of rotatable bonds is 4. The third-order valence-corrected chi connectivity index (χ3v) is 4.67. The van der Waals surface area contributed by atoms with E-state index in [1.54, 1.807) is 42.5 Å². The molecule has 0 aliphatic carbocycles. The largest absolute Gasteiger partial charge is 0.508 e. The number of aromatic hydroxyl groups is 1. The van der Waals surface area contributed by atoms with Crippen LogP contribution in [0.1, 0.15) is 12.5 Å². The smallest absolute Gasteiger partial charge is 0.294 e. The molecule has 0 unspecified atom stereocenters. The van der Waals surface area contributed by atoms with Crippen molar-refractivity contribution in [1.29, 1.82) is 0 Å². The van der Waals surface area contributed by atoms with Crippen LogP contribution in [0.5, 0.6) is 5.75 Å². The second kappa shape index (κ2) is 6.62. The van der Waals surface area contributed by atoms with Gasteiger partial charge in [0.15, 0.2) is 0 Å². The molecule has 0 fully saturated rings. The molecule has 6 nitrogen and oxygen atoms in total. The Labute approximate surface area is 145 Å². The van der Waals surface area contributed by atoms with Gasteiger partial charge in [-0.2, -0.15) is 18.6 Å². The maximum Gasteiger partial charge on any atom is 0.294 e. The van der Waals surface area contributed by atoms with Crippen molar-refractivity contribution in [3.05, 3.63) is 60.2 Å². The van der Waals surface area contributed by atoms with E-state index in [0.29, 0.717) is 23.2 Å². The van der Waals surface area contributed by atoms with Gasteiger partial charge in [0, 0.05) is 0 Å². The Morgan fingerprint density at radius 2 is 1.48 bits per heavy atom. The van der Waals surface area contributed by atoms with E-state index in [1.165, 1.54) is 12.1 Å². The van der Waals surface area contributed by atoms with Crippen molar-refractivity contribution in [1.82, 2.24) is 0 Å². The molecule has 3 aromatic rings. The first kappa shape index (κ1) is 17.1. The minimum absolute atomic E-state index is 0.148. The van der Waals surface area contributed by atoms with Gasteiger partial charge in [0.25, 0.3) is 10.1 Å². The van der Waals surface area contributed by atoms with Gasteiger partial charge in [-0.3, -0.25) is 4.55 Å². The van der Waals surface area contributed by atoms with Crippen molar-refractivity contribution in [3.63, 3.8) is 0 Å². The number of phenolic OH excluding ortho intramolecular Hbond substituents is 1. The molecule has 25 heavy (non-hydrogen) atoms. The molecule has 0 bridgehead atoms. The first-order valence-electron chi connectivity index (χ1n) is 7.62. The van der Waals surface area contributed by atoms with Crippen LogP contribution in [0.4, 0.5) is 11.4 Å². The number of aryl methyl sites for hydroxylation is 1. The summed E-state index contributed by atoms with van der Waals surface area (Å²) in [6.45, 7) is 1.94. The minimum Gasteiger partial charge on any atom is -0.508 e. The number of hydrogen-bond acceptors (Lipinski definition) is 5. The van der Waals surface area contributed by atoms with Crippen molar-refractivity contribution < 1.29 is 18.1 Å². The third kappa shape index (κ3) is 3.84. The predicted octanol–water partition coefficient (Wildman–Crippen LogP) is 4.77. The molecule has 0 atom stereocenters. The van der Waals surface area contributed by atoms with Crippen LogP contribution in [0.3, 0.4) is 0 Å². The van der Waals surface area contributed by atoms with Crippen LogP contribution < -0.4 is 0 Å². The van der Waals surface area contributed by atoms with E-state index in [0.717, 1.165) is 10.9 Å². The molecule has 0 aromatic heterocycles. The molecular weight excluding hydrogens is 340 g/mol. The van der Waals surface area contributed by atoms with E-state index in [9.17, 15) is 13.5 Å². The zero-order chi connectivity index (χ0) is 18.0. The van der Waals surface area contributed by atoms with E-state index in [-0.39, 0.29) is 10.6 Å². The highest BCUT2D eigenvalue weighted by Gasteiger charge is 2.09. The lowest BCUT2D eigenvalue weighted by Gasteiger charge is -2.03. The van der Waals surface area contributed by atoms with Gasteiger partial charge in [-0.15, -0.1) is 0 Å². The Kier molecular flexibility index (Phi) is 4.52. The third-order valence-electron chi connectivity index (χ3n) is 3.82. The second-order valence-electron chi connectivity index (χ2n) is 5.53. The fourth-order valence-electron chi connectivity index (χ4n) is 2.47. The Morgan fingerprint density at radius 3 is 2.16 bits per heavy atom. The monoisotopic (exact) mass is 356 g/mol. The molecule has 0 aliphatic heterocycles. The van der Waals surface area contributed by atoms with Crippen LogP contribution in [-0.4, -0.2) is 18.1 Å². The molecule has 0 aliphatic rings. The SMILES string of the molecule is CCc1cc(N=Nc2ccc3cc(S(=O)(=O)O)ccc3c2)ccc1O. The summed E-state index contributed by atoms with van der Waals surface area (Å²) in [4.78, 5) is -0.148. The zero-order valence-corrected chi connectivity index (χ0v) is 14.2. The van der Waals surface area contributed by atoms with Crippen molar-refractivity contribution in [2.45, 2.75) is 18.2 Å². The van der Waals surface area contributed by atoms with Crippen LogP contribution in [0.2, 0.25) is 0 Å². The van der Waals surface area contributed by atoms with E-state index in [4.69, 9.17) is 4.55 Å². The van der Waals surface area contributed by atoms with Gasteiger partial charge in [-0.05, 0) is 65.2 Å². The topological polar surface area (TPSA) is 99.3 Å². The van der Waals surface area contributed by atoms with E-state index < -0.39 is 10.1 Å². The predicted molar refractivity (Wildman–Crippen MR) is 95.4 cm³/mol. The van der Waals surface area contributed by atoms with Gasteiger partial charge in [-0.1, -0.05) is 19.1 Å². The maximum absolute atomic E-state index is 11.2. The van der Waals surface area contributed by atoms with E-state index in [2.05, 4.69) is 10.2 Å². The summed E-state index contributed by atoms with van der Waals surface area (Å²) in [5.41, 5.74) is 2.04. The van der Waals surface area contributed by atoms with Gasteiger partial charge < -0.3 is 5.11 Å². The molecule has 3 rings (SSSR count). The number of azo groups is 1. The summed E-state index contributed by atoms with van der Waals surface area (Å²) in [5, 5.41) is 19.5. The van der Waals surface area contributed by atoms with Crippen LogP contribution in [0, 0.1) is 0 Å². The summed E-state index contributed by atoms with van der Waals surface area (Å²) >= 11 is 0. The fourth-order valence-corrected chi connectivity index (χ4v) is 2.98. The molecule has 2 N–H and O–H groups in total. The summed E-state index contributed by atoms with van der Waals surface area (Å²) in [6, 6.07) is 14.6. The highest BCUT2D eigenvalue weighted by atomic mass is 32.2. The van der Waals surface area contributed by atoms with Crippen LogP contribution in [0.25, 0.3) is 10.8 Å². The standard InChI is InChI=1S/C18H16N2O4S/c1-2-12-9-16(6-8-18(12)21)20-19-15-5-3-14-11-17(25(22,23)24)7-4-13(14)10-15/h3-11,21H,2H2,1H3,(H,22,23,24). The molecule has 0 saturated carbocycles. The molecule has 7 heteroatoms. The summed E-state index contributed by atoms with van der Waals surface area (Å²) in [5.74, 6) is 0.238. The average Bonchev–Trinajstić information content (AvgIpc) is 2.59. The highest BCUT2D eigenvalue weighted by molar-refractivity contribution is 7.85. The van der Waals surface area contributed by atoms with Crippen molar-refractivity contribution in [3.8, 4) is 5.75 Å². The Hall–Kier alpha value is -2.77. The molecule has 0 spiro atoms. The molecule has 0 radical (unpaired) electrons. The van der Waals surface area contributed by atoms with E-state index >= 15 is 0 Å². The number of nitrogens with zero attached hydrogens (tertiary/aromatic N) is 2. The molecule has 128 valence electrons. The van der Waals surface area contributed by atoms with Crippen LogP contribution >= 0.6 is 0 Å².